The van der Waals surface area contributed by atoms with Gasteiger partial charge in [-0.15, -0.1) is 0 Å². The molecule has 2 aromatic rings. The predicted octanol–water partition coefficient (Wildman–Crippen LogP) is 1.63. The molecule has 0 aliphatic carbocycles. The molecule has 26 heavy (non-hydrogen) atoms. The number of rotatable bonds is 5. The minimum Gasteiger partial charge on any atom is -0.357 e. The summed E-state index contributed by atoms with van der Waals surface area (Å²) in [6, 6.07) is 8.10. The number of piperazine rings is 1. The van der Waals surface area contributed by atoms with Crippen LogP contribution in [0.15, 0.2) is 29.3 Å². The Morgan fingerprint density at radius 2 is 1.96 bits per heavy atom. The van der Waals surface area contributed by atoms with Gasteiger partial charge in [0.15, 0.2) is 5.96 Å². The number of nitrogens with zero attached hydrogens (tertiary/aromatic N) is 4. The molecule has 0 spiro atoms. The Balaban J connectivity index is 1.51. The fourth-order valence-corrected chi connectivity index (χ4v) is 3.21. The van der Waals surface area contributed by atoms with E-state index >= 15 is 0 Å². The number of fused-ring (bicyclic) bond motifs is 1. The van der Waals surface area contributed by atoms with Crippen LogP contribution >= 0.6 is 0 Å². The van der Waals surface area contributed by atoms with Crippen LogP contribution in [0.25, 0.3) is 11.0 Å². The largest absolute Gasteiger partial charge is 0.357 e. The molecule has 1 aliphatic rings. The highest BCUT2D eigenvalue weighted by Crippen LogP contribution is 2.11. The normalized spacial score (nSPS) is 15.5. The lowest BCUT2D eigenvalue weighted by atomic mass is 10.3. The zero-order valence-electron chi connectivity index (χ0n) is 15.7. The number of hydrogen-bond donors (Lipinski definition) is 2. The third-order valence-corrected chi connectivity index (χ3v) is 4.63. The summed E-state index contributed by atoms with van der Waals surface area (Å²) in [7, 11) is 0. The second-order valence-electron chi connectivity index (χ2n) is 6.53. The number of benzene rings is 1. The van der Waals surface area contributed by atoms with Crippen molar-refractivity contribution in [2.45, 2.75) is 26.7 Å². The first kappa shape index (κ1) is 18.2. The first-order valence-corrected chi connectivity index (χ1v) is 9.39. The minimum atomic E-state index is 0.150. The maximum atomic E-state index is 11.5. The van der Waals surface area contributed by atoms with E-state index in [2.05, 4.69) is 27.1 Å². The highest BCUT2D eigenvalue weighted by atomic mass is 16.2. The fraction of sp³-hybridized carbons (Fsp3) is 0.526. The number of carbonyl (C=O) groups excluding carboxylic acids is 1. The quantitative estimate of drug-likeness (QED) is 0.485. The van der Waals surface area contributed by atoms with Gasteiger partial charge in [-0.05, 0) is 25.5 Å². The van der Waals surface area contributed by atoms with Gasteiger partial charge in [-0.1, -0.05) is 12.1 Å². The Kier molecular flexibility index (Phi) is 6.09. The lowest BCUT2D eigenvalue weighted by molar-refractivity contribution is -0.130. The van der Waals surface area contributed by atoms with Crippen molar-refractivity contribution < 1.29 is 4.79 Å². The summed E-state index contributed by atoms with van der Waals surface area (Å²) in [5, 5.41) is 3.37. The van der Waals surface area contributed by atoms with Crippen LogP contribution in [0.4, 0.5) is 0 Å². The van der Waals surface area contributed by atoms with Gasteiger partial charge in [-0.2, -0.15) is 0 Å². The number of para-hydroxylation sites is 2. The second kappa shape index (κ2) is 8.69. The molecule has 1 aromatic carbocycles. The summed E-state index contributed by atoms with van der Waals surface area (Å²) in [6.45, 7) is 8.49. The van der Waals surface area contributed by atoms with E-state index in [9.17, 15) is 4.79 Å². The van der Waals surface area contributed by atoms with Crippen molar-refractivity contribution in [1.29, 1.82) is 0 Å². The molecule has 1 aromatic heterocycles. The van der Waals surface area contributed by atoms with Gasteiger partial charge in [0.05, 0.1) is 11.0 Å². The molecule has 0 atom stereocenters. The van der Waals surface area contributed by atoms with E-state index < -0.39 is 0 Å². The zero-order valence-corrected chi connectivity index (χ0v) is 15.7. The molecule has 1 amide bonds. The molecule has 140 valence electrons. The molecule has 0 unspecified atom stereocenters. The van der Waals surface area contributed by atoms with Crippen molar-refractivity contribution in [3.8, 4) is 0 Å². The van der Waals surface area contributed by atoms with Crippen molar-refractivity contribution >= 4 is 22.9 Å². The van der Waals surface area contributed by atoms with E-state index in [0.717, 1.165) is 74.9 Å². The number of amides is 1. The minimum absolute atomic E-state index is 0.150. The average molecular weight is 356 g/mol. The maximum Gasteiger partial charge on any atom is 0.219 e. The van der Waals surface area contributed by atoms with Crippen LogP contribution in [-0.4, -0.2) is 70.9 Å². The van der Waals surface area contributed by atoms with E-state index in [0.29, 0.717) is 0 Å². The molecule has 2 heterocycles. The highest BCUT2D eigenvalue weighted by Gasteiger charge is 2.20. The topological polar surface area (TPSA) is 76.6 Å². The summed E-state index contributed by atoms with van der Waals surface area (Å²) in [5.41, 5.74) is 2.10. The average Bonchev–Trinajstić information content (AvgIpc) is 3.07. The van der Waals surface area contributed by atoms with Crippen molar-refractivity contribution in [2.75, 3.05) is 39.3 Å². The van der Waals surface area contributed by atoms with Gasteiger partial charge in [-0.25, -0.2) is 4.98 Å². The van der Waals surface area contributed by atoms with Crippen LogP contribution < -0.4 is 5.32 Å². The van der Waals surface area contributed by atoms with Gasteiger partial charge in [0, 0.05) is 52.6 Å². The fourth-order valence-electron chi connectivity index (χ4n) is 3.21. The van der Waals surface area contributed by atoms with E-state index in [1.165, 1.54) is 0 Å². The van der Waals surface area contributed by atoms with Gasteiger partial charge in [0.2, 0.25) is 5.91 Å². The number of carbonyl (C=O) groups is 1. The number of aromatic nitrogens is 2. The van der Waals surface area contributed by atoms with Gasteiger partial charge in [0.1, 0.15) is 5.82 Å². The Morgan fingerprint density at radius 1 is 1.23 bits per heavy atom. The molecule has 1 fully saturated rings. The molecule has 7 nitrogen and oxygen atoms in total. The lowest BCUT2D eigenvalue weighted by Gasteiger charge is -2.36. The molecule has 0 bridgehead atoms. The van der Waals surface area contributed by atoms with E-state index in [1.54, 1.807) is 6.92 Å². The summed E-state index contributed by atoms with van der Waals surface area (Å²) >= 11 is 0. The van der Waals surface area contributed by atoms with Gasteiger partial charge in [-0.3, -0.25) is 9.79 Å². The van der Waals surface area contributed by atoms with Gasteiger partial charge >= 0.3 is 0 Å². The molecule has 7 heteroatoms. The second-order valence-corrected chi connectivity index (χ2v) is 6.53. The number of nitrogens with one attached hydrogen (secondary N) is 2. The van der Waals surface area contributed by atoms with Crippen molar-refractivity contribution in [3.05, 3.63) is 30.1 Å². The van der Waals surface area contributed by atoms with Crippen molar-refractivity contribution in [1.82, 2.24) is 25.1 Å². The molecule has 0 radical (unpaired) electrons. The Labute approximate surface area is 154 Å². The summed E-state index contributed by atoms with van der Waals surface area (Å²) in [6.07, 6.45) is 1.83. The van der Waals surface area contributed by atoms with Crippen LogP contribution in [0.2, 0.25) is 0 Å². The molecule has 1 aliphatic heterocycles. The van der Waals surface area contributed by atoms with Crippen LogP contribution in [-0.2, 0) is 11.2 Å². The van der Waals surface area contributed by atoms with E-state index in [1.807, 2.05) is 29.2 Å². The van der Waals surface area contributed by atoms with Crippen LogP contribution in [0.1, 0.15) is 26.1 Å². The monoisotopic (exact) mass is 356 g/mol. The number of hydrogen-bond acceptors (Lipinski definition) is 3. The Morgan fingerprint density at radius 3 is 2.65 bits per heavy atom. The molecule has 2 N–H and O–H groups in total. The maximum absolute atomic E-state index is 11.5. The van der Waals surface area contributed by atoms with E-state index in [4.69, 9.17) is 4.99 Å². The summed E-state index contributed by atoms with van der Waals surface area (Å²) in [4.78, 5) is 28.3. The number of aromatic amines is 1. The predicted molar refractivity (Wildman–Crippen MR) is 104 cm³/mol. The first-order chi connectivity index (χ1) is 12.7. The lowest BCUT2D eigenvalue weighted by Crippen LogP contribution is -2.53. The van der Waals surface area contributed by atoms with Gasteiger partial charge in [0.25, 0.3) is 0 Å². The highest BCUT2D eigenvalue weighted by molar-refractivity contribution is 5.80. The molecular formula is C19H28N6O. The Bertz CT molecular complexity index is 727. The zero-order chi connectivity index (χ0) is 18.4. The number of imidazole rings is 1. The summed E-state index contributed by atoms with van der Waals surface area (Å²) in [5.74, 6) is 2.11. The smallest absolute Gasteiger partial charge is 0.219 e. The molecule has 0 saturated carbocycles. The Hall–Kier alpha value is -2.57. The molecule has 1 saturated heterocycles. The van der Waals surface area contributed by atoms with Crippen molar-refractivity contribution in [2.24, 2.45) is 4.99 Å². The molecular weight excluding hydrogens is 328 g/mol. The third kappa shape index (κ3) is 4.53. The van der Waals surface area contributed by atoms with Crippen molar-refractivity contribution in [3.63, 3.8) is 0 Å². The van der Waals surface area contributed by atoms with Crippen LogP contribution in [0.3, 0.4) is 0 Å². The number of H-pyrrole nitrogens is 1. The first-order valence-electron chi connectivity index (χ1n) is 9.39. The van der Waals surface area contributed by atoms with Crippen LogP contribution in [0.5, 0.6) is 0 Å². The SMILES string of the molecule is CCNC(=NCCCc1nc2ccccc2[nH]1)N1CCN(C(C)=O)CC1. The standard InChI is InChI=1S/C19H28N6O/c1-3-20-19(25-13-11-24(12-14-25)15(2)26)21-10-6-9-18-22-16-7-4-5-8-17(16)23-18/h4-5,7-8H,3,6,9-14H2,1-2H3,(H,20,21)(H,22,23). The van der Waals surface area contributed by atoms with Gasteiger partial charge < -0.3 is 20.1 Å². The van der Waals surface area contributed by atoms with Crippen LogP contribution in [0, 0.1) is 0 Å². The molecule has 3 rings (SSSR count). The summed E-state index contributed by atoms with van der Waals surface area (Å²) < 4.78 is 0. The number of aliphatic imine (C=N–C) groups is 1. The van der Waals surface area contributed by atoms with E-state index in [-0.39, 0.29) is 5.91 Å². The third-order valence-electron chi connectivity index (χ3n) is 4.63. The number of guanidine groups is 1. The number of aryl methyl sites for hydroxylation is 1.